The lowest BCUT2D eigenvalue weighted by molar-refractivity contribution is 0.227. The lowest BCUT2D eigenvalue weighted by Crippen LogP contribution is -2.28. The van der Waals surface area contributed by atoms with E-state index in [1.165, 1.54) is 12.1 Å². The number of benzene rings is 2. The molecule has 1 fully saturated rings. The Morgan fingerprint density at radius 2 is 1.87 bits per heavy atom. The summed E-state index contributed by atoms with van der Waals surface area (Å²) in [5.41, 5.74) is 6.44. The minimum atomic E-state index is -0.363. The molecule has 198 valence electrons. The first-order valence-corrected chi connectivity index (χ1v) is 13.5. The number of pyridine rings is 1. The lowest BCUT2D eigenvalue weighted by atomic mass is 10.1. The first-order valence-electron chi connectivity index (χ1n) is 12.7. The van der Waals surface area contributed by atoms with Gasteiger partial charge in [-0.05, 0) is 75.8 Å². The topological polar surface area (TPSA) is 69.3 Å². The third-order valence-corrected chi connectivity index (χ3v) is 7.61. The van der Waals surface area contributed by atoms with E-state index in [0.717, 1.165) is 54.0 Å². The standard InChI is InChI=1S/C29H32Cl2N6O/c1-18-14-21(37-11-5-10-36(4)12-13-37)6-8-26(18)33-19(2)29-23-15-22(7-9-27(23)34-35-29)38-20(3)28-24(30)16-32-17-25(28)31/h6-9,14-17,20,33H,2,5,10-13H2,1,3-4H3,(H,34,35). The van der Waals surface area contributed by atoms with E-state index in [1.807, 2.05) is 25.1 Å². The molecule has 38 heavy (non-hydrogen) atoms. The summed E-state index contributed by atoms with van der Waals surface area (Å²) in [6, 6.07) is 12.3. The molecule has 1 unspecified atom stereocenters. The molecule has 1 aliphatic rings. The molecule has 0 spiro atoms. The highest BCUT2D eigenvalue weighted by Crippen LogP contribution is 2.34. The second-order valence-corrected chi connectivity index (χ2v) is 10.6. The number of aryl methyl sites for hydroxylation is 1. The number of aromatic nitrogens is 3. The van der Waals surface area contributed by atoms with E-state index in [0.29, 0.717) is 27.1 Å². The molecule has 9 heteroatoms. The van der Waals surface area contributed by atoms with Crippen LogP contribution in [0.2, 0.25) is 10.0 Å². The van der Waals surface area contributed by atoms with Crippen LogP contribution in [0.1, 0.15) is 36.3 Å². The van der Waals surface area contributed by atoms with Crippen molar-refractivity contribution in [2.24, 2.45) is 0 Å². The van der Waals surface area contributed by atoms with Crippen LogP contribution in [-0.4, -0.2) is 53.3 Å². The number of hydrogen-bond donors (Lipinski definition) is 2. The summed E-state index contributed by atoms with van der Waals surface area (Å²) in [7, 11) is 2.19. The number of likely N-dealkylation sites (N-methyl/N-ethyl adjacent to an activating group) is 1. The quantitative estimate of drug-likeness (QED) is 0.259. The fourth-order valence-corrected chi connectivity index (χ4v) is 5.55. The molecule has 1 saturated heterocycles. The summed E-state index contributed by atoms with van der Waals surface area (Å²) in [6.07, 6.45) is 3.94. The minimum absolute atomic E-state index is 0.363. The van der Waals surface area contributed by atoms with Crippen LogP contribution in [0.5, 0.6) is 5.75 Å². The van der Waals surface area contributed by atoms with Gasteiger partial charge in [-0.3, -0.25) is 10.1 Å². The predicted molar refractivity (Wildman–Crippen MR) is 158 cm³/mol. The van der Waals surface area contributed by atoms with Crippen molar-refractivity contribution in [3.05, 3.63) is 82.2 Å². The Labute approximate surface area is 233 Å². The summed E-state index contributed by atoms with van der Waals surface area (Å²) < 4.78 is 6.20. The summed E-state index contributed by atoms with van der Waals surface area (Å²) in [4.78, 5) is 8.88. The Balaban J connectivity index is 1.33. The van der Waals surface area contributed by atoms with Gasteiger partial charge in [0.25, 0.3) is 0 Å². The van der Waals surface area contributed by atoms with Crippen LogP contribution in [0, 0.1) is 6.92 Å². The van der Waals surface area contributed by atoms with Gasteiger partial charge in [-0.25, -0.2) is 0 Å². The summed E-state index contributed by atoms with van der Waals surface area (Å²) in [5, 5.41) is 12.9. The maximum Gasteiger partial charge on any atom is 0.124 e. The number of ether oxygens (including phenoxy) is 1. The Hall–Kier alpha value is -3.26. The molecule has 1 atom stereocenters. The van der Waals surface area contributed by atoms with Crippen molar-refractivity contribution in [2.45, 2.75) is 26.4 Å². The third kappa shape index (κ3) is 5.60. The highest BCUT2D eigenvalue weighted by Gasteiger charge is 2.18. The Morgan fingerprint density at radius 3 is 2.63 bits per heavy atom. The molecule has 2 aromatic heterocycles. The molecule has 5 rings (SSSR count). The molecule has 7 nitrogen and oxygen atoms in total. The monoisotopic (exact) mass is 550 g/mol. The zero-order chi connectivity index (χ0) is 26.8. The molecule has 2 aromatic carbocycles. The van der Waals surface area contributed by atoms with E-state index in [1.54, 1.807) is 12.4 Å². The van der Waals surface area contributed by atoms with E-state index in [9.17, 15) is 0 Å². The molecule has 0 amide bonds. The SMILES string of the molecule is C=C(Nc1ccc(N2CCCN(C)CC2)cc1C)c1n[nH]c2ccc(OC(C)c3c(Cl)cncc3Cl)cc12. The second kappa shape index (κ2) is 11.2. The van der Waals surface area contributed by atoms with Gasteiger partial charge in [-0.1, -0.05) is 29.8 Å². The molecular formula is C29H32Cl2N6O. The Kier molecular flexibility index (Phi) is 7.79. The number of rotatable bonds is 7. The smallest absolute Gasteiger partial charge is 0.124 e. The van der Waals surface area contributed by atoms with Crippen LogP contribution in [-0.2, 0) is 0 Å². The van der Waals surface area contributed by atoms with Crippen molar-refractivity contribution in [3.8, 4) is 5.75 Å². The highest BCUT2D eigenvalue weighted by atomic mass is 35.5. The maximum atomic E-state index is 6.33. The number of halogens is 2. The van der Waals surface area contributed by atoms with Gasteiger partial charge >= 0.3 is 0 Å². The van der Waals surface area contributed by atoms with Crippen molar-refractivity contribution < 1.29 is 4.74 Å². The number of aromatic amines is 1. The van der Waals surface area contributed by atoms with Gasteiger partial charge < -0.3 is 19.9 Å². The molecule has 0 bridgehead atoms. The van der Waals surface area contributed by atoms with Crippen molar-refractivity contribution in [1.29, 1.82) is 0 Å². The van der Waals surface area contributed by atoms with Gasteiger partial charge in [0.1, 0.15) is 17.5 Å². The molecule has 0 radical (unpaired) electrons. The first kappa shape index (κ1) is 26.4. The average molecular weight is 552 g/mol. The summed E-state index contributed by atoms with van der Waals surface area (Å²) in [5.74, 6) is 0.674. The van der Waals surface area contributed by atoms with Crippen molar-refractivity contribution in [1.82, 2.24) is 20.1 Å². The maximum absolute atomic E-state index is 6.33. The van der Waals surface area contributed by atoms with Crippen molar-refractivity contribution in [3.63, 3.8) is 0 Å². The van der Waals surface area contributed by atoms with E-state index in [2.05, 4.69) is 69.0 Å². The Bertz CT molecular complexity index is 1450. The molecule has 0 saturated carbocycles. The predicted octanol–water partition coefficient (Wildman–Crippen LogP) is 6.94. The number of nitrogens with zero attached hydrogens (tertiary/aromatic N) is 4. The van der Waals surface area contributed by atoms with E-state index in [-0.39, 0.29) is 6.10 Å². The van der Waals surface area contributed by atoms with E-state index < -0.39 is 0 Å². The van der Waals surface area contributed by atoms with Crippen LogP contribution >= 0.6 is 23.2 Å². The summed E-state index contributed by atoms with van der Waals surface area (Å²) in [6.45, 7) is 12.6. The molecule has 3 heterocycles. The first-order chi connectivity index (χ1) is 18.3. The fraction of sp³-hybridized carbons (Fsp3) is 0.310. The largest absolute Gasteiger partial charge is 0.486 e. The van der Waals surface area contributed by atoms with Gasteiger partial charge in [-0.2, -0.15) is 5.10 Å². The van der Waals surface area contributed by atoms with Crippen LogP contribution in [0.25, 0.3) is 16.6 Å². The Morgan fingerprint density at radius 1 is 1.08 bits per heavy atom. The van der Waals surface area contributed by atoms with Crippen LogP contribution < -0.4 is 15.0 Å². The molecular weight excluding hydrogens is 519 g/mol. The summed E-state index contributed by atoms with van der Waals surface area (Å²) >= 11 is 12.7. The molecule has 0 aliphatic carbocycles. The van der Waals surface area contributed by atoms with Crippen molar-refractivity contribution in [2.75, 3.05) is 43.4 Å². The van der Waals surface area contributed by atoms with E-state index >= 15 is 0 Å². The lowest BCUT2D eigenvalue weighted by Gasteiger charge is -2.24. The molecule has 1 aliphatic heterocycles. The minimum Gasteiger partial charge on any atom is -0.486 e. The second-order valence-electron chi connectivity index (χ2n) is 9.80. The third-order valence-electron chi connectivity index (χ3n) is 7.01. The average Bonchev–Trinajstić information content (AvgIpc) is 3.18. The number of nitrogens with one attached hydrogen (secondary N) is 2. The van der Waals surface area contributed by atoms with Gasteiger partial charge in [0.05, 0.1) is 21.3 Å². The van der Waals surface area contributed by atoms with Gasteiger partial charge in [0, 0.05) is 54.4 Å². The van der Waals surface area contributed by atoms with Crippen molar-refractivity contribution >= 4 is 51.2 Å². The van der Waals surface area contributed by atoms with Crippen LogP contribution in [0.15, 0.2) is 55.4 Å². The van der Waals surface area contributed by atoms with Crippen LogP contribution in [0.4, 0.5) is 11.4 Å². The number of anilines is 2. The van der Waals surface area contributed by atoms with Gasteiger partial charge in [-0.15, -0.1) is 0 Å². The van der Waals surface area contributed by atoms with Crippen LogP contribution in [0.3, 0.4) is 0 Å². The number of hydrogen-bond acceptors (Lipinski definition) is 6. The molecule has 4 aromatic rings. The van der Waals surface area contributed by atoms with Gasteiger partial charge in [0.2, 0.25) is 0 Å². The van der Waals surface area contributed by atoms with Gasteiger partial charge in [0.15, 0.2) is 0 Å². The molecule has 2 N–H and O–H groups in total. The zero-order valence-electron chi connectivity index (χ0n) is 21.9. The highest BCUT2D eigenvalue weighted by molar-refractivity contribution is 6.35. The number of fused-ring (bicyclic) bond motifs is 1. The zero-order valence-corrected chi connectivity index (χ0v) is 23.4. The van der Waals surface area contributed by atoms with E-state index in [4.69, 9.17) is 27.9 Å². The normalized spacial score (nSPS) is 15.3. The fourth-order valence-electron chi connectivity index (χ4n) is 4.88. The number of H-pyrrole nitrogens is 1.